The molecular formula is C27H25FN6O4S. The number of halogens is 1. The Bertz CT molecular complexity index is 1680. The van der Waals surface area contributed by atoms with Crippen molar-refractivity contribution in [3.8, 4) is 22.2 Å². The molecule has 0 saturated heterocycles. The monoisotopic (exact) mass is 548 g/mol. The molecule has 5 rings (SSSR count). The molecule has 0 bridgehead atoms. The Morgan fingerprint density at radius 3 is 2.59 bits per heavy atom. The third kappa shape index (κ3) is 5.70. The molecule has 200 valence electrons. The van der Waals surface area contributed by atoms with Gasteiger partial charge in [-0.25, -0.2) is 24.1 Å². The molecule has 1 N–H and O–H groups in total. The molecule has 0 aliphatic heterocycles. The fourth-order valence-corrected chi connectivity index (χ4v) is 4.80. The van der Waals surface area contributed by atoms with Crippen molar-refractivity contribution in [2.45, 2.75) is 39.9 Å². The molecular weight excluding hydrogens is 523 g/mol. The number of thiazole rings is 1. The van der Waals surface area contributed by atoms with Crippen LogP contribution in [0.2, 0.25) is 0 Å². The van der Waals surface area contributed by atoms with E-state index in [1.165, 1.54) is 24.5 Å². The van der Waals surface area contributed by atoms with Crippen molar-refractivity contribution in [1.29, 1.82) is 0 Å². The van der Waals surface area contributed by atoms with E-state index in [1.807, 2.05) is 19.1 Å². The second kappa shape index (κ2) is 10.7. The number of benzene rings is 2. The molecule has 3 heterocycles. The van der Waals surface area contributed by atoms with E-state index in [2.05, 4.69) is 30.5 Å². The number of methoxy groups -OCH3 is 1. The van der Waals surface area contributed by atoms with Crippen LogP contribution in [0.15, 0.2) is 42.6 Å². The Morgan fingerprint density at radius 2 is 1.85 bits per heavy atom. The fourth-order valence-electron chi connectivity index (χ4n) is 3.80. The van der Waals surface area contributed by atoms with Crippen molar-refractivity contribution in [3.63, 3.8) is 0 Å². The number of hydrogen-bond donors (Lipinski definition) is 1. The summed E-state index contributed by atoms with van der Waals surface area (Å²) in [5.74, 6) is 0.136. The zero-order valence-corrected chi connectivity index (χ0v) is 22.7. The molecule has 0 unspecified atom stereocenters. The highest BCUT2D eigenvalue weighted by atomic mass is 32.1. The number of amides is 1. The minimum Gasteiger partial charge on any atom is -0.484 e. The molecule has 0 radical (unpaired) electrons. The lowest BCUT2D eigenvalue weighted by molar-refractivity contribution is 0.0401. The molecule has 2 atom stereocenters. The van der Waals surface area contributed by atoms with Crippen molar-refractivity contribution >= 4 is 44.5 Å². The van der Waals surface area contributed by atoms with Crippen LogP contribution in [0.1, 0.15) is 25.1 Å². The van der Waals surface area contributed by atoms with Gasteiger partial charge in [0.1, 0.15) is 17.2 Å². The molecule has 10 nitrogen and oxygen atoms in total. The largest absolute Gasteiger partial charge is 0.484 e. The number of aryl methyl sites for hydroxylation is 2. The lowest BCUT2D eigenvalue weighted by Gasteiger charge is -2.22. The SMILES string of the molecule is COc1cnc2c(-c3nc4cc(F)c(O[C@@H](C)[C@@H](C)OC(=O)Nc5ccc(C)nn5)cc4s3)cc(C)cc2n1. The molecule has 0 spiro atoms. The van der Waals surface area contributed by atoms with Gasteiger partial charge in [0.25, 0.3) is 0 Å². The van der Waals surface area contributed by atoms with Crippen LogP contribution in [0, 0.1) is 19.7 Å². The number of ether oxygens (including phenoxy) is 3. The Morgan fingerprint density at radius 1 is 1.03 bits per heavy atom. The highest BCUT2D eigenvalue weighted by Gasteiger charge is 2.22. The molecule has 39 heavy (non-hydrogen) atoms. The van der Waals surface area contributed by atoms with E-state index in [9.17, 15) is 4.79 Å². The number of hydrogen-bond acceptors (Lipinski definition) is 10. The highest BCUT2D eigenvalue weighted by Crippen LogP contribution is 2.37. The Labute approximate surface area is 227 Å². The quantitative estimate of drug-likeness (QED) is 0.266. The van der Waals surface area contributed by atoms with E-state index < -0.39 is 24.1 Å². The van der Waals surface area contributed by atoms with Crippen LogP contribution in [-0.4, -0.2) is 50.6 Å². The van der Waals surface area contributed by atoms with Crippen molar-refractivity contribution in [3.05, 3.63) is 59.7 Å². The molecule has 1 amide bonds. The average Bonchev–Trinajstić information content (AvgIpc) is 3.31. The minimum atomic E-state index is -0.717. The van der Waals surface area contributed by atoms with Crippen molar-refractivity contribution in [2.75, 3.05) is 12.4 Å². The summed E-state index contributed by atoms with van der Waals surface area (Å²) in [4.78, 5) is 25.9. The van der Waals surface area contributed by atoms with Gasteiger partial charge in [-0.2, -0.15) is 5.10 Å². The number of anilines is 1. The standard InChI is InChI=1S/C27H25FN6O4S/c1-13-8-17(25-20(9-13)30-24(36-5)12-29-25)26-31-19-10-18(28)21(11-22(19)39-26)37-15(3)16(4)38-27(35)32-23-7-6-14(2)33-34-23/h6-12,15-16H,1-5H3,(H,32,34,35)/t15-,16+/m0/s1. The summed E-state index contributed by atoms with van der Waals surface area (Å²) >= 11 is 1.39. The van der Waals surface area contributed by atoms with Crippen LogP contribution in [0.25, 0.3) is 31.8 Å². The number of fused-ring (bicyclic) bond motifs is 2. The molecule has 0 saturated carbocycles. The van der Waals surface area contributed by atoms with E-state index in [1.54, 1.807) is 45.2 Å². The molecule has 3 aromatic heterocycles. The van der Waals surface area contributed by atoms with E-state index in [-0.39, 0.29) is 11.6 Å². The maximum Gasteiger partial charge on any atom is 0.413 e. The van der Waals surface area contributed by atoms with E-state index in [4.69, 9.17) is 14.2 Å². The van der Waals surface area contributed by atoms with Gasteiger partial charge in [0, 0.05) is 17.7 Å². The van der Waals surface area contributed by atoms with Gasteiger partial charge in [-0.15, -0.1) is 16.4 Å². The van der Waals surface area contributed by atoms with Crippen molar-refractivity contribution in [1.82, 2.24) is 25.1 Å². The van der Waals surface area contributed by atoms with Gasteiger partial charge < -0.3 is 14.2 Å². The van der Waals surface area contributed by atoms with Crippen LogP contribution in [0.3, 0.4) is 0 Å². The maximum absolute atomic E-state index is 15.0. The third-order valence-corrected chi connectivity index (χ3v) is 7.00. The Hall–Kier alpha value is -4.45. The summed E-state index contributed by atoms with van der Waals surface area (Å²) in [5.41, 5.74) is 4.34. The van der Waals surface area contributed by atoms with Crippen LogP contribution >= 0.6 is 11.3 Å². The number of aromatic nitrogens is 5. The van der Waals surface area contributed by atoms with Gasteiger partial charge in [0.05, 0.1) is 40.3 Å². The zero-order chi connectivity index (χ0) is 27.7. The summed E-state index contributed by atoms with van der Waals surface area (Å²) in [7, 11) is 1.54. The number of rotatable bonds is 7. The predicted octanol–water partition coefficient (Wildman–Crippen LogP) is 5.87. The first-order valence-electron chi connectivity index (χ1n) is 12.1. The van der Waals surface area contributed by atoms with Gasteiger partial charge in [0.15, 0.2) is 17.4 Å². The Kier molecular flexibility index (Phi) is 7.20. The number of nitrogens with zero attached hydrogens (tertiary/aromatic N) is 5. The normalized spacial score (nSPS) is 12.8. The van der Waals surface area contributed by atoms with Crippen molar-refractivity contribution in [2.24, 2.45) is 0 Å². The first-order chi connectivity index (χ1) is 18.7. The minimum absolute atomic E-state index is 0.0316. The summed E-state index contributed by atoms with van der Waals surface area (Å²) in [6, 6.07) is 10.2. The first kappa shape index (κ1) is 26.2. The summed E-state index contributed by atoms with van der Waals surface area (Å²) in [6.07, 6.45) is -0.501. The fraction of sp³-hybridized carbons (Fsp3) is 0.259. The topological polar surface area (TPSA) is 121 Å². The summed E-state index contributed by atoms with van der Waals surface area (Å²) in [6.45, 7) is 7.10. The molecule has 5 aromatic rings. The third-order valence-electron chi connectivity index (χ3n) is 5.95. The van der Waals surface area contributed by atoms with Crippen LogP contribution < -0.4 is 14.8 Å². The summed E-state index contributed by atoms with van der Waals surface area (Å²) in [5, 5.41) is 10.9. The van der Waals surface area contributed by atoms with Crippen LogP contribution in [-0.2, 0) is 4.74 Å². The smallest absolute Gasteiger partial charge is 0.413 e. The number of nitrogens with one attached hydrogen (secondary N) is 1. The van der Waals surface area contributed by atoms with Gasteiger partial charge in [-0.1, -0.05) is 0 Å². The molecule has 0 aliphatic carbocycles. The predicted molar refractivity (Wildman–Crippen MR) is 146 cm³/mol. The number of carbonyl (C=O) groups is 1. The van der Waals surface area contributed by atoms with Crippen molar-refractivity contribution < 1.29 is 23.4 Å². The van der Waals surface area contributed by atoms with Crippen LogP contribution in [0.4, 0.5) is 15.0 Å². The lowest BCUT2D eigenvalue weighted by atomic mass is 10.1. The van der Waals surface area contributed by atoms with Gasteiger partial charge >= 0.3 is 6.09 Å². The molecule has 2 aromatic carbocycles. The molecule has 0 aliphatic rings. The average molecular weight is 549 g/mol. The van der Waals surface area contributed by atoms with Crippen LogP contribution in [0.5, 0.6) is 11.6 Å². The maximum atomic E-state index is 15.0. The Balaban J connectivity index is 1.34. The molecule has 12 heteroatoms. The highest BCUT2D eigenvalue weighted by molar-refractivity contribution is 7.21. The second-order valence-corrected chi connectivity index (χ2v) is 10.0. The van der Waals surface area contributed by atoms with E-state index >= 15 is 4.39 Å². The van der Waals surface area contributed by atoms with Gasteiger partial charge in [-0.3, -0.25) is 5.32 Å². The first-order valence-corrected chi connectivity index (χ1v) is 12.9. The zero-order valence-electron chi connectivity index (χ0n) is 21.9. The number of carbonyl (C=O) groups excluding carboxylic acids is 1. The molecule has 0 fully saturated rings. The van der Waals surface area contributed by atoms with Gasteiger partial charge in [0.2, 0.25) is 5.88 Å². The second-order valence-electron chi connectivity index (χ2n) is 8.98. The lowest BCUT2D eigenvalue weighted by Crippen LogP contribution is -2.32. The van der Waals surface area contributed by atoms with E-state index in [0.717, 1.165) is 21.5 Å². The summed E-state index contributed by atoms with van der Waals surface area (Å²) < 4.78 is 32.2. The van der Waals surface area contributed by atoms with Gasteiger partial charge in [-0.05, 0) is 57.5 Å². The van der Waals surface area contributed by atoms with E-state index in [0.29, 0.717) is 27.4 Å².